The molecule has 0 unspecified atom stereocenters. The third kappa shape index (κ3) is 14.5. The Balaban J connectivity index is 1.74. The molecule has 17 heteroatoms. The molecule has 4 heterocycles. The van der Waals surface area contributed by atoms with Crippen molar-refractivity contribution >= 4 is 18.2 Å². The first-order valence-corrected chi connectivity index (χ1v) is 22.7. The molecule has 3 N–H and O–H groups in total. The average molecular weight is 899 g/mol. The van der Waals surface area contributed by atoms with Crippen LogP contribution in [0.15, 0.2) is 24.3 Å². The van der Waals surface area contributed by atoms with Gasteiger partial charge in [-0.3, -0.25) is 9.59 Å². The van der Waals surface area contributed by atoms with Gasteiger partial charge in [-0.1, -0.05) is 38.2 Å². The number of carbonyl (C=O) groups is 3. The van der Waals surface area contributed by atoms with E-state index in [0.29, 0.717) is 19.3 Å². The lowest BCUT2D eigenvalue weighted by Crippen LogP contribution is -2.65. The number of carbonyl (C=O) groups excluding carboxylic acids is 3. The highest BCUT2D eigenvalue weighted by molar-refractivity contribution is 5.72. The Bertz CT molecular complexity index is 1490. The molecule has 0 aromatic carbocycles. The van der Waals surface area contributed by atoms with Crippen LogP contribution >= 0.6 is 0 Å². The number of esters is 2. The minimum absolute atomic E-state index is 0.0117. The molecule has 4 aliphatic rings. The smallest absolute Gasteiger partial charge is 0.309 e. The number of cyclic esters (lactones) is 1. The number of allylic oxidation sites excluding steroid dienone is 2. The number of rotatable bonds is 13. The third-order valence-electron chi connectivity index (χ3n) is 12.9. The summed E-state index contributed by atoms with van der Waals surface area (Å²) in [7, 11) is 9.04. The SMILES string of the molecule is CCC(=O)O[C@@H]1CC(=O)O[C@H](C)C/C=C\C=C\[C@H](O[C@H]2CC[C@H](N(C)C)[C@@H](C)O2)[C@H](C)C[C@H](CC=O)[C@H](O[C@@H]2O[C@H](C)[C@@H](O[C@H]3C[C@@](C)(O)[C@@H](O)[C@H](C)O3)[C@H](N(C)C)[C@H]2O)[C@@H]1OC. The first-order chi connectivity index (χ1) is 29.7. The molecule has 3 fully saturated rings. The molecule has 3 saturated heterocycles. The summed E-state index contributed by atoms with van der Waals surface area (Å²) in [5.74, 6) is -2.12. The van der Waals surface area contributed by atoms with Crippen LogP contribution in [0.2, 0.25) is 0 Å². The highest BCUT2D eigenvalue weighted by atomic mass is 16.7. The number of aliphatic hydroxyl groups excluding tert-OH is 2. The number of hydrogen-bond acceptors (Lipinski definition) is 17. The Kier molecular flexibility index (Phi) is 20.6. The van der Waals surface area contributed by atoms with Gasteiger partial charge in [-0.2, -0.15) is 0 Å². The Labute approximate surface area is 374 Å². The first-order valence-electron chi connectivity index (χ1n) is 22.7. The van der Waals surface area contributed by atoms with Crippen molar-refractivity contribution in [1.29, 1.82) is 0 Å². The van der Waals surface area contributed by atoms with Gasteiger partial charge in [-0.05, 0) is 93.9 Å². The molecule has 0 spiro atoms. The maximum atomic E-state index is 13.5. The second kappa shape index (κ2) is 24.4. The van der Waals surface area contributed by atoms with Crippen LogP contribution in [0.25, 0.3) is 0 Å². The lowest BCUT2D eigenvalue weighted by molar-refractivity contribution is -0.344. The summed E-state index contributed by atoms with van der Waals surface area (Å²) in [6.07, 6.45) is -1.76. The van der Waals surface area contributed by atoms with Crippen LogP contribution in [0, 0.1) is 11.8 Å². The second-order valence-corrected chi connectivity index (χ2v) is 18.6. The summed E-state index contributed by atoms with van der Waals surface area (Å²) >= 11 is 0. The third-order valence-corrected chi connectivity index (χ3v) is 12.9. The summed E-state index contributed by atoms with van der Waals surface area (Å²) in [5.41, 5.74) is -1.49. The van der Waals surface area contributed by atoms with Gasteiger partial charge in [0.05, 0.1) is 48.6 Å². The van der Waals surface area contributed by atoms with Gasteiger partial charge in [0.1, 0.15) is 42.9 Å². The fraction of sp³-hybridized carbons (Fsp3) is 0.848. The number of methoxy groups -OCH3 is 1. The number of ether oxygens (including phenoxy) is 9. The normalized spacial score (nSPS) is 43.5. The van der Waals surface area contributed by atoms with Crippen LogP contribution in [0.3, 0.4) is 0 Å². The first kappa shape index (κ1) is 53.2. The summed E-state index contributed by atoms with van der Waals surface area (Å²) in [5, 5.41) is 33.7. The molecule has 0 amide bonds. The van der Waals surface area contributed by atoms with E-state index in [2.05, 4.69) is 4.90 Å². The van der Waals surface area contributed by atoms with Crippen LogP contribution in [0.4, 0.5) is 0 Å². The van der Waals surface area contributed by atoms with Gasteiger partial charge in [0.2, 0.25) is 0 Å². The number of nitrogens with zero attached hydrogens (tertiary/aromatic N) is 2. The molecular weight excluding hydrogens is 821 g/mol. The standard InChI is InChI=1S/C46H78N2O15/c1-13-35(50)60-34-24-36(51)56-27(3)17-15-14-16-18-33(61-37-20-19-32(47(8)9)28(4)57-37)26(2)23-31(21-22-49)42(43(34)55-12)63-45-40(52)39(48(10)11)41(29(5)59-45)62-38-25-46(7,54)44(53)30(6)58-38/h14-16,18,22,26-34,37-45,52-54H,13,17,19-21,23-25H2,1-12H3/b15-14-,18-16+/t26-,27-,28-,29-,30+,31+,32+,33+,34-,37+,38+,39-,40-,41-,42+,43-,44+,45+,46-/m1/s1. The maximum Gasteiger partial charge on any atom is 0.309 e. The minimum atomic E-state index is -1.49. The van der Waals surface area contributed by atoms with E-state index in [1.54, 1.807) is 46.7 Å². The highest BCUT2D eigenvalue weighted by Crippen LogP contribution is 2.38. The van der Waals surface area contributed by atoms with Crippen molar-refractivity contribution in [3.05, 3.63) is 24.3 Å². The average Bonchev–Trinajstić information content (AvgIpc) is 3.19. The van der Waals surface area contributed by atoms with Crippen LogP contribution in [0.5, 0.6) is 0 Å². The van der Waals surface area contributed by atoms with Gasteiger partial charge in [-0.15, -0.1) is 0 Å². The lowest BCUT2D eigenvalue weighted by atomic mass is 9.82. The molecule has 0 saturated carbocycles. The molecule has 0 bridgehead atoms. The van der Waals surface area contributed by atoms with E-state index in [-0.39, 0.29) is 43.7 Å². The van der Waals surface area contributed by atoms with Crippen LogP contribution < -0.4 is 0 Å². The molecule has 63 heavy (non-hydrogen) atoms. The van der Waals surface area contributed by atoms with Gasteiger partial charge in [0, 0.05) is 38.8 Å². The van der Waals surface area contributed by atoms with Crippen molar-refractivity contribution in [3.8, 4) is 0 Å². The van der Waals surface area contributed by atoms with Gasteiger partial charge < -0.3 is 72.5 Å². The quantitative estimate of drug-likeness (QED) is 0.180. The van der Waals surface area contributed by atoms with Crippen molar-refractivity contribution in [2.24, 2.45) is 11.8 Å². The van der Waals surface area contributed by atoms with E-state index in [0.717, 1.165) is 12.7 Å². The number of aldehydes is 1. The van der Waals surface area contributed by atoms with Crippen LogP contribution in [0.1, 0.15) is 99.8 Å². The molecule has 362 valence electrons. The predicted molar refractivity (Wildman–Crippen MR) is 231 cm³/mol. The molecule has 4 rings (SSSR count). The van der Waals surface area contributed by atoms with Crippen LogP contribution in [-0.2, 0) is 57.0 Å². The minimum Gasteiger partial charge on any atom is -0.462 e. The summed E-state index contributed by atoms with van der Waals surface area (Å²) in [4.78, 5) is 43.2. The lowest BCUT2D eigenvalue weighted by Gasteiger charge is -2.50. The van der Waals surface area contributed by atoms with Crippen molar-refractivity contribution in [3.63, 3.8) is 0 Å². The number of aliphatic hydroxyl groups is 3. The zero-order valence-corrected chi connectivity index (χ0v) is 39.6. The van der Waals surface area contributed by atoms with Gasteiger partial charge in [-0.25, -0.2) is 0 Å². The van der Waals surface area contributed by atoms with Crippen molar-refractivity contribution < 1.29 is 72.3 Å². The van der Waals surface area contributed by atoms with E-state index in [1.807, 2.05) is 52.2 Å². The Morgan fingerprint density at radius 1 is 0.905 bits per heavy atom. The number of likely N-dealkylation sites (N-methyl/N-ethyl adjacent to an activating group) is 2. The van der Waals surface area contributed by atoms with Crippen molar-refractivity contribution in [1.82, 2.24) is 9.80 Å². The fourth-order valence-corrected chi connectivity index (χ4v) is 9.44. The molecule has 17 nitrogen and oxygen atoms in total. The molecule has 19 atom stereocenters. The highest BCUT2D eigenvalue weighted by Gasteiger charge is 2.52. The maximum absolute atomic E-state index is 13.5. The zero-order chi connectivity index (χ0) is 46.8. The molecule has 0 aromatic rings. The molecule has 4 aliphatic heterocycles. The molecule has 0 aromatic heterocycles. The topological polar surface area (TPSA) is 201 Å². The van der Waals surface area contributed by atoms with E-state index < -0.39 is 109 Å². The van der Waals surface area contributed by atoms with Crippen molar-refractivity contribution in [2.75, 3.05) is 35.3 Å². The summed E-state index contributed by atoms with van der Waals surface area (Å²) in [6.45, 7) is 12.4. The van der Waals surface area contributed by atoms with E-state index in [9.17, 15) is 29.7 Å². The predicted octanol–water partition coefficient (Wildman–Crippen LogP) is 3.29. The van der Waals surface area contributed by atoms with Gasteiger partial charge in [0.25, 0.3) is 0 Å². The largest absolute Gasteiger partial charge is 0.462 e. The Morgan fingerprint density at radius 2 is 1.60 bits per heavy atom. The summed E-state index contributed by atoms with van der Waals surface area (Å²) < 4.78 is 56.7. The Hall–Kier alpha value is -2.39. The zero-order valence-electron chi connectivity index (χ0n) is 39.6. The van der Waals surface area contributed by atoms with E-state index in [1.165, 1.54) is 14.0 Å². The van der Waals surface area contributed by atoms with E-state index >= 15 is 0 Å². The second-order valence-electron chi connectivity index (χ2n) is 18.6. The Morgan fingerprint density at radius 3 is 2.21 bits per heavy atom. The van der Waals surface area contributed by atoms with Gasteiger partial charge in [0.15, 0.2) is 18.9 Å². The fourth-order valence-electron chi connectivity index (χ4n) is 9.44. The monoisotopic (exact) mass is 899 g/mol. The van der Waals surface area contributed by atoms with Gasteiger partial charge >= 0.3 is 11.9 Å². The van der Waals surface area contributed by atoms with E-state index in [4.69, 9.17) is 42.6 Å². The number of hydrogen-bond donors (Lipinski definition) is 3. The van der Waals surface area contributed by atoms with Crippen molar-refractivity contribution in [2.45, 2.75) is 204 Å². The van der Waals surface area contributed by atoms with Crippen LogP contribution in [-0.4, -0.2) is 182 Å². The molecule has 0 aliphatic carbocycles. The molecule has 0 radical (unpaired) electrons. The summed E-state index contributed by atoms with van der Waals surface area (Å²) in [6, 6.07) is -0.510. The molecular formula is C46H78N2O15.